The fraction of sp³-hybridized carbons (Fsp3) is 0.273. The highest BCUT2D eigenvalue weighted by Crippen LogP contribution is 2.20. The van der Waals surface area contributed by atoms with Crippen molar-refractivity contribution in [1.29, 1.82) is 0 Å². The van der Waals surface area contributed by atoms with Gasteiger partial charge in [0, 0.05) is 5.69 Å². The van der Waals surface area contributed by atoms with Gasteiger partial charge in [0.1, 0.15) is 0 Å². The molecular weight excluding hydrogens is 258 g/mol. The molecule has 0 unspecified atom stereocenters. The van der Waals surface area contributed by atoms with Crippen molar-refractivity contribution in [2.75, 3.05) is 11.9 Å². The molecule has 0 saturated carbocycles. The van der Waals surface area contributed by atoms with E-state index in [1.807, 2.05) is 0 Å². The van der Waals surface area contributed by atoms with Crippen molar-refractivity contribution >= 4 is 29.2 Å². The van der Waals surface area contributed by atoms with Crippen LogP contribution in [0.2, 0.25) is 5.02 Å². The Balaban J connectivity index is 2.72. The molecule has 0 bridgehead atoms. The molecule has 1 atom stereocenters. The minimum Gasteiger partial charge on any atom is -0.394 e. The van der Waals surface area contributed by atoms with E-state index in [0.29, 0.717) is 5.69 Å². The zero-order valence-electron chi connectivity index (χ0n) is 9.74. The van der Waals surface area contributed by atoms with Crippen LogP contribution in [-0.4, -0.2) is 29.7 Å². The number of rotatable bonds is 4. The molecule has 7 heteroatoms. The number of benzene rings is 1. The van der Waals surface area contributed by atoms with E-state index >= 15 is 0 Å². The van der Waals surface area contributed by atoms with Gasteiger partial charge in [0.25, 0.3) is 0 Å². The number of nitrogens with two attached hydrogens (primary N) is 1. The van der Waals surface area contributed by atoms with Crippen molar-refractivity contribution in [2.24, 2.45) is 5.73 Å². The molecule has 0 fully saturated rings. The lowest BCUT2D eigenvalue weighted by atomic mass is 10.2. The Hall–Kier alpha value is -1.79. The van der Waals surface area contributed by atoms with Crippen LogP contribution in [0.25, 0.3) is 0 Å². The van der Waals surface area contributed by atoms with Crippen LogP contribution in [0.3, 0.4) is 0 Å². The Morgan fingerprint density at radius 3 is 2.67 bits per heavy atom. The quantitative estimate of drug-likeness (QED) is 0.655. The molecule has 0 spiro atoms. The first kappa shape index (κ1) is 14.3. The molecular formula is C11H14ClN3O3. The second-order valence-electron chi connectivity index (χ2n) is 3.74. The first-order valence-electron chi connectivity index (χ1n) is 5.21. The van der Waals surface area contributed by atoms with E-state index in [-0.39, 0.29) is 23.2 Å². The lowest BCUT2D eigenvalue weighted by molar-refractivity contribution is 0.100. The Kier molecular flexibility index (Phi) is 4.94. The number of nitrogens with one attached hydrogen (secondary N) is 2. The van der Waals surface area contributed by atoms with Gasteiger partial charge in [-0.3, -0.25) is 4.79 Å². The normalized spacial score (nSPS) is 11.7. The number of halogens is 1. The summed E-state index contributed by atoms with van der Waals surface area (Å²) in [7, 11) is 0. The fourth-order valence-corrected chi connectivity index (χ4v) is 1.50. The average Bonchev–Trinajstić information content (AvgIpc) is 2.28. The van der Waals surface area contributed by atoms with Gasteiger partial charge in [-0.15, -0.1) is 0 Å². The highest BCUT2D eigenvalue weighted by Gasteiger charge is 2.09. The summed E-state index contributed by atoms with van der Waals surface area (Å²) in [6.07, 6.45) is 0. The van der Waals surface area contributed by atoms with Gasteiger partial charge in [0.2, 0.25) is 5.91 Å². The van der Waals surface area contributed by atoms with Gasteiger partial charge in [-0.2, -0.15) is 0 Å². The van der Waals surface area contributed by atoms with Crippen LogP contribution in [-0.2, 0) is 0 Å². The molecule has 0 heterocycles. The maximum Gasteiger partial charge on any atom is 0.319 e. The summed E-state index contributed by atoms with van der Waals surface area (Å²) < 4.78 is 0. The van der Waals surface area contributed by atoms with Crippen LogP contribution >= 0.6 is 11.6 Å². The molecule has 0 aliphatic rings. The molecule has 1 aromatic rings. The summed E-state index contributed by atoms with van der Waals surface area (Å²) in [6.45, 7) is 1.50. The molecule has 1 aromatic carbocycles. The Morgan fingerprint density at radius 2 is 2.17 bits per heavy atom. The molecule has 0 saturated heterocycles. The minimum absolute atomic E-state index is 0.158. The van der Waals surface area contributed by atoms with Crippen molar-refractivity contribution in [3.05, 3.63) is 28.8 Å². The topological polar surface area (TPSA) is 104 Å². The van der Waals surface area contributed by atoms with Crippen molar-refractivity contribution in [3.8, 4) is 0 Å². The number of amides is 3. The number of hydrogen-bond donors (Lipinski definition) is 4. The number of aliphatic hydroxyl groups excluding tert-OH is 1. The zero-order chi connectivity index (χ0) is 13.7. The Morgan fingerprint density at radius 1 is 1.50 bits per heavy atom. The number of anilines is 1. The summed E-state index contributed by atoms with van der Waals surface area (Å²) >= 11 is 5.83. The number of hydrogen-bond acceptors (Lipinski definition) is 3. The van der Waals surface area contributed by atoms with Gasteiger partial charge in [-0.25, -0.2) is 4.79 Å². The molecule has 0 aliphatic carbocycles. The Labute approximate surface area is 109 Å². The molecule has 1 rings (SSSR count). The van der Waals surface area contributed by atoms with Gasteiger partial charge in [0.15, 0.2) is 0 Å². The van der Waals surface area contributed by atoms with Gasteiger partial charge in [-0.05, 0) is 25.1 Å². The maximum atomic E-state index is 11.4. The largest absolute Gasteiger partial charge is 0.394 e. The standard InChI is InChI=1S/C11H14ClN3O3/c1-6(5-16)14-11(18)15-7-2-3-8(10(13)17)9(12)4-7/h2-4,6,16H,5H2,1H3,(H2,13,17)(H2,14,15,18)/t6-/m0/s1. The minimum atomic E-state index is -0.634. The fourth-order valence-electron chi connectivity index (χ4n) is 1.23. The second kappa shape index (κ2) is 6.23. The number of aliphatic hydroxyl groups is 1. The molecule has 3 amide bonds. The number of carbonyl (C=O) groups is 2. The van der Waals surface area contributed by atoms with E-state index in [4.69, 9.17) is 22.4 Å². The third kappa shape index (κ3) is 3.90. The molecule has 5 N–H and O–H groups in total. The van der Waals surface area contributed by atoms with Crippen molar-refractivity contribution in [2.45, 2.75) is 13.0 Å². The lowest BCUT2D eigenvalue weighted by Crippen LogP contribution is -2.38. The SMILES string of the molecule is C[C@@H](CO)NC(=O)Nc1ccc(C(N)=O)c(Cl)c1. The third-order valence-corrected chi connectivity index (χ3v) is 2.46. The van der Waals surface area contributed by atoms with Crippen molar-refractivity contribution in [1.82, 2.24) is 5.32 Å². The van der Waals surface area contributed by atoms with E-state index in [0.717, 1.165) is 0 Å². The maximum absolute atomic E-state index is 11.4. The van der Waals surface area contributed by atoms with E-state index in [2.05, 4.69) is 10.6 Å². The summed E-state index contributed by atoms with van der Waals surface area (Å²) in [5.74, 6) is -0.634. The second-order valence-corrected chi connectivity index (χ2v) is 4.15. The monoisotopic (exact) mass is 271 g/mol. The van der Waals surface area contributed by atoms with Crippen molar-refractivity contribution in [3.63, 3.8) is 0 Å². The van der Waals surface area contributed by atoms with E-state index < -0.39 is 11.9 Å². The zero-order valence-corrected chi connectivity index (χ0v) is 10.5. The summed E-state index contributed by atoms with van der Waals surface area (Å²) in [6, 6.07) is 3.53. The van der Waals surface area contributed by atoms with Gasteiger partial charge in [-0.1, -0.05) is 11.6 Å². The van der Waals surface area contributed by atoms with Crippen LogP contribution in [0.4, 0.5) is 10.5 Å². The molecule has 0 radical (unpaired) electrons. The molecule has 0 aromatic heterocycles. The van der Waals surface area contributed by atoms with Crippen LogP contribution in [0, 0.1) is 0 Å². The summed E-state index contributed by atoms with van der Waals surface area (Å²) in [5.41, 5.74) is 5.71. The molecule has 18 heavy (non-hydrogen) atoms. The van der Waals surface area contributed by atoms with Crippen LogP contribution in [0.1, 0.15) is 17.3 Å². The number of primary amides is 1. The lowest BCUT2D eigenvalue weighted by Gasteiger charge is -2.12. The third-order valence-electron chi connectivity index (χ3n) is 2.14. The van der Waals surface area contributed by atoms with E-state index in [1.54, 1.807) is 6.92 Å². The predicted molar refractivity (Wildman–Crippen MR) is 68.7 cm³/mol. The van der Waals surface area contributed by atoms with E-state index in [1.165, 1.54) is 18.2 Å². The highest BCUT2D eigenvalue weighted by molar-refractivity contribution is 6.34. The van der Waals surface area contributed by atoms with Crippen LogP contribution in [0.15, 0.2) is 18.2 Å². The average molecular weight is 272 g/mol. The first-order chi connectivity index (χ1) is 8.43. The number of urea groups is 1. The molecule has 0 aliphatic heterocycles. The van der Waals surface area contributed by atoms with Crippen LogP contribution in [0.5, 0.6) is 0 Å². The van der Waals surface area contributed by atoms with Gasteiger partial charge < -0.3 is 21.5 Å². The Bertz CT molecular complexity index is 465. The van der Waals surface area contributed by atoms with Gasteiger partial charge in [0.05, 0.1) is 23.2 Å². The summed E-state index contributed by atoms with van der Waals surface area (Å²) in [5, 5.41) is 14.0. The molecule has 98 valence electrons. The van der Waals surface area contributed by atoms with Gasteiger partial charge >= 0.3 is 6.03 Å². The van der Waals surface area contributed by atoms with E-state index in [9.17, 15) is 9.59 Å². The summed E-state index contributed by atoms with van der Waals surface area (Å²) in [4.78, 5) is 22.4. The highest BCUT2D eigenvalue weighted by atomic mass is 35.5. The van der Waals surface area contributed by atoms with Crippen molar-refractivity contribution < 1.29 is 14.7 Å². The van der Waals surface area contributed by atoms with Crippen LogP contribution < -0.4 is 16.4 Å². The number of carbonyl (C=O) groups excluding carboxylic acids is 2. The molecule has 6 nitrogen and oxygen atoms in total. The predicted octanol–water partition coefficient (Wildman–Crippen LogP) is 0.941. The first-order valence-corrected chi connectivity index (χ1v) is 5.59. The smallest absolute Gasteiger partial charge is 0.319 e.